The number of likely N-dealkylation sites (tertiary alicyclic amines) is 1. The minimum absolute atomic E-state index is 0.330. The minimum atomic E-state index is 0.330. The van der Waals surface area contributed by atoms with E-state index in [9.17, 15) is 0 Å². The fraction of sp³-hybridized carbons (Fsp3) is 0.656. The number of imidazole rings is 1. The summed E-state index contributed by atoms with van der Waals surface area (Å²) in [6, 6.07) is 12.0. The highest BCUT2D eigenvalue weighted by Gasteiger charge is 2.26. The highest BCUT2D eigenvalue weighted by Crippen LogP contribution is 2.34. The Morgan fingerprint density at radius 1 is 0.854 bits per heavy atom. The van der Waals surface area contributed by atoms with E-state index in [2.05, 4.69) is 44.4 Å². The lowest BCUT2D eigenvalue weighted by Gasteiger charge is -2.32. The maximum Gasteiger partial charge on any atom is 0.227 e. The van der Waals surface area contributed by atoms with E-state index in [1.807, 2.05) is 12.4 Å². The van der Waals surface area contributed by atoms with E-state index < -0.39 is 0 Å². The smallest absolute Gasteiger partial charge is 0.227 e. The summed E-state index contributed by atoms with van der Waals surface area (Å²) < 4.78 is 8.17. The maximum absolute atomic E-state index is 6.17. The fourth-order valence-electron chi connectivity index (χ4n) is 6.78. The number of fused-ring (bicyclic) bond motifs is 1. The molecule has 0 amide bonds. The number of nitrogens with zero attached hydrogens (tertiary/aromatic N) is 5. The molecule has 0 radical (unpaired) electrons. The molecule has 1 saturated heterocycles. The van der Waals surface area contributed by atoms with Crippen molar-refractivity contribution in [3.63, 3.8) is 0 Å². The zero-order valence-electron chi connectivity index (χ0n) is 24.5. The molecule has 3 aliphatic rings. The van der Waals surface area contributed by atoms with E-state index in [-0.39, 0.29) is 0 Å². The Balaban J connectivity index is 1.02. The molecule has 4 N–H and O–H groups in total. The topological polar surface area (TPSA) is 106 Å². The molecule has 2 aliphatic carbocycles. The van der Waals surface area contributed by atoms with E-state index in [0.29, 0.717) is 30.8 Å². The zero-order valence-corrected chi connectivity index (χ0v) is 24.5. The fourth-order valence-corrected chi connectivity index (χ4v) is 6.78. The second-order valence-corrected chi connectivity index (χ2v) is 12.4. The van der Waals surface area contributed by atoms with Crippen LogP contribution in [0.2, 0.25) is 0 Å². The first-order valence-electron chi connectivity index (χ1n) is 16.1. The third-order valence-corrected chi connectivity index (χ3v) is 9.30. The lowest BCUT2D eigenvalue weighted by molar-refractivity contribution is 0.112. The van der Waals surface area contributed by atoms with Crippen LogP contribution in [0.4, 0.5) is 11.8 Å². The monoisotopic (exact) mass is 560 g/mol. The van der Waals surface area contributed by atoms with Crippen LogP contribution in [-0.4, -0.2) is 68.8 Å². The molecule has 3 aromatic rings. The van der Waals surface area contributed by atoms with Gasteiger partial charge in [-0.05, 0) is 76.3 Å². The average Bonchev–Trinajstić information content (AvgIpc) is 3.68. The normalized spacial score (nSPS) is 22.9. The molecule has 6 rings (SSSR count). The Kier molecular flexibility index (Phi) is 9.65. The molecule has 41 heavy (non-hydrogen) atoms. The predicted octanol–water partition coefficient (Wildman–Crippen LogP) is 5.50. The van der Waals surface area contributed by atoms with Gasteiger partial charge in [-0.2, -0.15) is 9.97 Å². The number of ether oxygens (including phenoxy) is 1. The maximum atomic E-state index is 6.17. The van der Waals surface area contributed by atoms with Gasteiger partial charge in [-0.1, -0.05) is 43.2 Å². The molecule has 9 heteroatoms. The van der Waals surface area contributed by atoms with Crippen molar-refractivity contribution in [2.24, 2.45) is 5.73 Å². The molecule has 1 aromatic carbocycles. The number of hydrogen-bond acceptors (Lipinski definition) is 8. The van der Waals surface area contributed by atoms with Crippen molar-refractivity contribution >= 4 is 22.9 Å². The van der Waals surface area contributed by atoms with Crippen LogP contribution in [0.15, 0.2) is 36.7 Å². The first-order valence-corrected chi connectivity index (χ1v) is 16.1. The first kappa shape index (κ1) is 28.4. The summed E-state index contributed by atoms with van der Waals surface area (Å²) in [5.74, 6) is 1.61. The lowest BCUT2D eigenvalue weighted by atomic mass is 9.92. The first-order chi connectivity index (χ1) is 20.2. The summed E-state index contributed by atoms with van der Waals surface area (Å²) in [4.78, 5) is 17.5. The van der Waals surface area contributed by atoms with Crippen LogP contribution in [0.5, 0.6) is 0 Å². The van der Waals surface area contributed by atoms with Crippen molar-refractivity contribution in [1.82, 2.24) is 24.4 Å². The third kappa shape index (κ3) is 7.56. The number of benzene rings is 1. The summed E-state index contributed by atoms with van der Waals surface area (Å²) in [5.41, 5.74) is 9.29. The van der Waals surface area contributed by atoms with Gasteiger partial charge in [0.1, 0.15) is 0 Å². The van der Waals surface area contributed by atoms with Gasteiger partial charge < -0.3 is 30.6 Å². The van der Waals surface area contributed by atoms with Crippen molar-refractivity contribution < 1.29 is 4.74 Å². The van der Waals surface area contributed by atoms with Gasteiger partial charge in [0, 0.05) is 43.9 Å². The SMILES string of the molecule is NC1CCC(Nc2nc(NC3CCN(CCCCOCc4ccccc4)CC3)nc3c2ncn3C2CCCC2)CC1. The van der Waals surface area contributed by atoms with E-state index in [1.54, 1.807) is 0 Å². The van der Waals surface area contributed by atoms with E-state index in [1.165, 1.54) is 37.7 Å². The summed E-state index contributed by atoms with van der Waals surface area (Å²) in [5, 5.41) is 7.45. The molecule has 3 heterocycles. The van der Waals surface area contributed by atoms with E-state index in [0.717, 1.165) is 94.1 Å². The Bertz CT molecular complexity index is 1210. The Morgan fingerprint density at radius 3 is 2.39 bits per heavy atom. The molecule has 2 saturated carbocycles. The number of nitrogens with one attached hydrogen (secondary N) is 2. The quantitative estimate of drug-likeness (QED) is 0.250. The Hall–Kier alpha value is -2.75. The summed E-state index contributed by atoms with van der Waals surface area (Å²) in [7, 11) is 0. The van der Waals surface area contributed by atoms with Crippen LogP contribution in [0.25, 0.3) is 11.2 Å². The van der Waals surface area contributed by atoms with Crippen molar-refractivity contribution in [2.45, 2.75) is 108 Å². The van der Waals surface area contributed by atoms with Crippen LogP contribution in [0.3, 0.4) is 0 Å². The van der Waals surface area contributed by atoms with Crippen LogP contribution in [-0.2, 0) is 11.3 Å². The van der Waals surface area contributed by atoms with Gasteiger partial charge in [-0.3, -0.25) is 0 Å². The largest absolute Gasteiger partial charge is 0.377 e. The standard InChI is InChI=1S/C32H48N8O/c33-25-12-14-26(15-13-25)35-30-29-31(40(23-34-29)28-10-4-5-11-28)38-32(37-30)36-27-16-19-39(20-17-27)18-6-7-21-41-22-24-8-2-1-3-9-24/h1-3,8-9,23,25-28H,4-7,10-22,33H2,(H2,35,36,37,38). The lowest BCUT2D eigenvalue weighted by Crippen LogP contribution is -2.40. The number of nitrogens with two attached hydrogens (primary N) is 1. The second kappa shape index (κ2) is 13.9. The molecule has 0 atom stereocenters. The molecule has 3 fully saturated rings. The predicted molar refractivity (Wildman–Crippen MR) is 165 cm³/mol. The molecule has 2 aromatic heterocycles. The second-order valence-electron chi connectivity index (χ2n) is 12.4. The number of hydrogen-bond donors (Lipinski definition) is 3. The average molecular weight is 561 g/mol. The summed E-state index contributed by atoms with van der Waals surface area (Å²) in [6.45, 7) is 4.90. The van der Waals surface area contributed by atoms with Crippen LogP contribution in [0, 0.1) is 0 Å². The molecule has 0 bridgehead atoms. The van der Waals surface area contributed by atoms with Gasteiger partial charge in [-0.25, -0.2) is 4.98 Å². The van der Waals surface area contributed by atoms with Gasteiger partial charge in [0.25, 0.3) is 0 Å². The molecular formula is C32H48N8O. The van der Waals surface area contributed by atoms with Crippen molar-refractivity contribution in [2.75, 3.05) is 36.9 Å². The number of aromatic nitrogens is 4. The Morgan fingerprint density at radius 2 is 1.61 bits per heavy atom. The highest BCUT2D eigenvalue weighted by atomic mass is 16.5. The molecule has 222 valence electrons. The van der Waals surface area contributed by atoms with E-state index in [4.69, 9.17) is 25.4 Å². The van der Waals surface area contributed by atoms with Crippen LogP contribution < -0.4 is 16.4 Å². The van der Waals surface area contributed by atoms with Gasteiger partial charge in [-0.15, -0.1) is 0 Å². The van der Waals surface area contributed by atoms with E-state index >= 15 is 0 Å². The van der Waals surface area contributed by atoms with Crippen molar-refractivity contribution in [1.29, 1.82) is 0 Å². The molecule has 9 nitrogen and oxygen atoms in total. The minimum Gasteiger partial charge on any atom is -0.377 e. The molecular weight excluding hydrogens is 512 g/mol. The van der Waals surface area contributed by atoms with Crippen LogP contribution in [0.1, 0.15) is 88.7 Å². The van der Waals surface area contributed by atoms with Gasteiger partial charge in [0.2, 0.25) is 5.95 Å². The van der Waals surface area contributed by atoms with Gasteiger partial charge in [0.15, 0.2) is 17.0 Å². The molecule has 1 aliphatic heterocycles. The molecule has 0 unspecified atom stereocenters. The summed E-state index contributed by atoms with van der Waals surface area (Å²) in [6.07, 6.45) is 15.8. The van der Waals surface area contributed by atoms with Crippen molar-refractivity contribution in [3.8, 4) is 0 Å². The van der Waals surface area contributed by atoms with Crippen LogP contribution >= 0.6 is 0 Å². The molecule has 0 spiro atoms. The number of unbranched alkanes of at least 4 members (excludes halogenated alkanes) is 1. The number of rotatable bonds is 12. The Labute approximate surface area is 244 Å². The zero-order chi connectivity index (χ0) is 27.9. The number of piperidine rings is 1. The highest BCUT2D eigenvalue weighted by molar-refractivity contribution is 5.84. The van der Waals surface area contributed by atoms with Crippen molar-refractivity contribution in [3.05, 3.63) is 42.2 Å². The third-order valence-electron chi connectivity index (χ3n) is 9.30. The summed E-state index contributed by atoms with van der Waals surface area (Å²) >= 11 is 0. The number of anilines is 2. The van der Waals surface area contributed by atoms with Gasteiger partial charge >= 0.3 is 0 Å². The van der Waals surface area contributed by atoms with Gasteiger partial charge in [0.05, 0.1) is 12.9 Å².